The fourth-order valence-electron chi connectivity index (χ4n) is 3.27. The van der Waals surface area contributed by atoms with Gasteiger partial charge < -0.3 is 0 Å². The van der Waals surface area contributed by atoms with Crippen molar-refractivity contribution in [1.29, 1.82) is 0 Å². The Bertz CT molecular complexity index is 1310. The summed E-state index contributed by atoms with van der Waals surface area (Å²) in [5.41, 5.74) is 4.35. The number of hydrogen-bond acceptors (Lipinski definition) is 4. The van der Waals surface area contributed by atoms with Crippen molar-refractivity contribution < 1.29 is 4.92 Å². The molecule has 0 saturated carbocycles. The lowest BCUT2D eigenvalue weighted by atomic mass is 10.1. The standard InChI is InChI=1S/C20H12N4O2/c25-24(26)14-11-9-13(10-12-14)19-21-16-6-2-1-5-15(16)20-22-17-7-3-4-8-18(17)23(19)20/h1-12H. The van der Waals surface area contributed by atoms with Gasteiger partial charge in [-0.2, -0.15) is 0 Å². The predicted octanol–water partition coefficient (Wildman–Crippen LogP) is 4.61. The van der Waals surface area contributed by atoms with Gasteiger partial charge >= 0.3 is 0 Å². The molecule has 0 radical (unpaired) electrons. The molecule has 3 aromatic carbocycles. The van der Waals surface area contributed by atoms with Crippen LogP contribution in [0, 0.1) is 10.1 Å². The van der Waals surface area contributed by atoms with Gasteiger partial charge in [0.05, 0.1) is 21.5 Å². The summed E-state index contributed by atoms with van der Waals surface area (Å²) < 4.78 is 2.01. The van der Waals surface area contributed by atoms with E-state index in [0.717, 1.165) is 33.1 Å². The molecule has 5 rings (SSSR count). The Kier molecular flexibility index (Phi) is 2.99. The van der Waals surface area contributed by atoms with Gasteiger partial charge in [0.2, 0.25) is 0 Å². The number of para-hydroxylation sites is 3. The summed E-state index contributed by atoms with van der Waals surface area (Å²) in [6, 6.07) is 22.2. The van der Waals surface area contributed by atoms with Gasteiger partial charge in [-0.05, 0) is 36.4 Å². The van der Waals surface area contributed by atoms with Crippen LogP contribution in [0.1, 0.15) is 0 Å². The highest BCUT2D eigenvalue weighted by atomic mass is 16.6. The predicted molar refractivity (Wildman–Crippen MR) is 100 cm³/mol. The van der Waals surface area contributed by atoms with Crippen LogP contribution in [0.2, 0.25) is 0 Å². The number of hydrogen-bond donors (Lipinski definition) is 0. The molecule has 0 aliphatic carbocycles. The Balaban J connectivity index is 1.92. The molecule has 2 aromatic heterocycles. The van der Waals surface area contributed by atoms with Crippen molar-refractivity contribution in [3.63, 3.8) is 0 Å². The minimum atomic E-state index is -0.403. The average Bonchev–Trinajstić information content (AvgIpc) is 3.07. The van der Waals surface area contributed by atoms with Crippen LogP contribution in [0.4, 0.5) is 5.69 Å². The highest BCUT2D eigenvalue weighted by molar-refractivity contribution is 5.98. The zero-order chi connectivity index (χ0) is 17.7. The number of rotatable bonds is 2. The molecule has 26 heavy (non-hydrogen) atoms. The van der Waals surface area contributed by atoms with E-state index in [-0.39, 0.29) is 5.69 Å². The van der Waals surface area contributed by atoms with E-state index in [1.165, 1.54) is 12.1 Å². The van der Waals surface area contributed by atoms with Crippen LogP contribution in [-0.2, 0) is 0 Å². The molecular weight excluding hydrogens is 328 g/mol. The van der Waals surface area contributed by atoms with Crippen molar-refractivity contribution in [2.45, 2.75) is 0 Å². The van der Waals surface area contributed by atoms with Crippen molar-refractivity contribution in [2.75, 3.05) is 0 Å². The molecule has 0 aliphatic heterocycles. The minimum Gasteiger partial charge on any atom is -0.276 e. The average molecular weight is 340 g/mol. The number of imidazole rings is 1. The molecule has 0 fully saturated rings. The molecule has 0 spiro atoms. The second-order valence-corrected chi connectivity index (χ2v) is 6.02. The van der Waals surface area contributed by atoms with Crippen LogP contribution in [0.3, 0.4) is 0 Å². The molecule has 0 amide bonds. The Morgan fingerprint density at radius 1 is 0.808 bits per heavy atom. The highest BCUT2D eigenvalue weighted by Crippen LogP contribution is 2.30. The quantitative estimate of drug-likeness (QED) is 0.347. The molecule has 124 valence electrons. The summed E-state index contributed by atoms with van der Waals surface area (Å²) in [6.07, 6.45) is 0. The molecule has 5 aromatic rings. The Morgan fingerprint density at radius 3 is 2.27 bits per heavy atom. The Morgan fingerprint density at radius 2 is 1.50 bits per heavy atom. The topological polar surface area (TPSA) is 73.3 Å². The first-order valence-corrected chi connectivity index (χ1v) is 8.13. The summed E-state index contributed by atoms with van der Waals surface area (Å²) >= 11 is 0. The first-order chi connectivity index (χ1) is 12.7. The van der Waals surface area contributed by atoms with Gasteiger partial charge in [-0.3, -0.25) is 14.5 Å². The van der Waals surface area contributed by atoms with Gasteiger partial charge in [0.1, 0.15) is 11.5 Å². The third-order valence-electron chi connectivity index (χ3n) is 4.48. The lowest BCUT2D eigenvalue weighted by Crippen LogP contribution is -1.98. The molecule has 0 aliphatic rings. The van der Waals surface area contributed by atoms with E-state index >= 15 is 0 Å². The summed E-state index contributed by atoms with van der Waals surface area (Å²) in [5, 5.41) is 11.9. The number of nitro benzene ring substituents is 1. The van der Waals surface area contributed by atoms with E-state index in [1.54, 1.807) is 12.1 Å². The van der Waals surface area contributed by atoms with Crippen LogP contribution in [-0.4, -0.2) is 19.3 Å². The third-order valence-corrected chi connectivity index (χ3v) is 4.48. The highest BCUT2D eigenvalue weighted by Gasteiger charge is 2.15. The fraction of sp³-hybridized carbons (Fsp3) is 0. The maximum absolute atomic E-state index is 10.9. The molecule has 0 N–H and O–H groups in total. The van der Waals surface area contributed by atoms with E-state index in [2.05, 4.69) is 0 Å². The summed E-state index contributed by atoms with van der Waals surface area (Å²) in [5.74, 6) is 0.710. The van der Waals surface area contributed by atoms with Gasteiger partial charge in [0, 0.05) is 23.1 Å². The normalized spacial score (nSPS) is 11.4. The van der Waals surface area contributed by atoms with E-state index in [0.29, 0.717) is 5.82 Å². The van der Waals surface area contributed by atoms with Crippen LogP contribution >= 0.6 is 0 Å². The van der Waals surface area contributed by atoms with Crippen molar-refractivity contribution in [3.05, 3.63) is 82.9 Å². The maximum atomic E-state index is 10.9. The molecular formula is C20H12N4O2. The van der Waals surface area contributed by atoms with Crippen molar-refractivity contribution in [3.8, 4) is 11.4 Å². The minimum absolute atomic E-state index is 0.0567. The number of fused-ring (bicyclic) bond motifs is 5. The molecule has 0 saturated heterocycles. The maximum Gasteiger partial charge on any atom is 0.269 e. The van der Waals surface area contributed by atoms with E-state index in [9.17, 15) is 10.1 Å². The number of nitro groups is 1. The van der Waals surface area contributed by atoms with E-state index in [1.807, 2.05) is 52.9 Å². The molecule has 2 heterocycles. The lowest BCUT2D eigenvalue weighted by Gasteiger charge is -2.09. The third kappa shape index (κ3) is 2.05. The second kappa shape index (κ2) is 5.35. The Labute approximate surface area is 147 Å². The molecule has 0 unspecified atom stereocenters. The van der Waals surface area contributed by atoms with E-state index < -0.39 is 4.92 Å². The molecule has 0 atom stereocenters. The van der Waals surface area contributed by atoms with Gasteiger partial charge in [-0.1, -0.05) is 24.3 Å². The van der Waals surface area contributed by atoms with E-state index in [4.69, 9.17) is 9.97 Å². The number of aromatic nitrogens is 3. The van der Waals surface area contributed by atoms with Crippen molar-refractivity contribution >= 4 is 33.3 Å². The number of benzene rings is 3. The van der Waals surface area contributed by atoms with Crippen LogP contribution in [0.25, 0.3) is 39.0 Å². The van der Waals surface area contributed by atoms with Gasteiger partial charge in [0.15, 0.2) is 0 Å². The zero-order valence-electron chi connectivity index (χ0n) is 13.5. The zero-order valence-corrected chi connectivity index (χ0v) is 13.5. The number of nitrogens with zero attached hydrogens (tertiary/aromatic N) is 4. The monoisotopic (exact) mass is 340 g/mol. The fourth-order valence-corrected chi connectivity index (χ4v) is 3.27. The molecule has 0 bridgehead atoms. The molecule has 6 nitrogen and oxygen atoms in total. The smallest absolute Gasteiger partial charge is 0.269 e. The van der Waals surface area contributed by atoms with Crippen LogP contribution < -0.4 is 0 Å². The number of non-ortho nitro benzene ring substituents is 1. The van der Waals surface area contributed by atoms with Gasteiger partial charge in [0.25, 0.3) is 5.69 Å². The summed E-state index contributed by atoms with van der Waals surface area (Å²) in [4.78, 5) is 20.2. The van der Waals surface area contributed by atoms with Gasteiger partial charge in [-0.15, -0.1) is 0 Å². The largest absolute Gasteiger partial charge is 0.276 e. The first-order valence-electron chi connectivity index (χ1n) is 8.13. The first kappa shape index (κ1) is 14.5. The summed E-state index contributed by atoms with van der Waals surface area (Å²) in [6.45, 7) is 0. The lowest BCUT2D eigenvalue weighted by molar-refractivity contribution is -0.384. The second-order valence-electron chi connectivity index (χ2n) is 6.02. The molecule has 6 heteroatoms. The van der Waals surface area contributed by atoms with Crippen LogP contribution in [0.5, 0.6) is 0 Å². The summed E-state index contributed by atoms with van der Waals surface area (Å²) in [7, 11) is 0. The SMILES string of the molecule is O=[N+]([O-])c1ccc(-c2nc3ccccc3c3nc4ccccc4n23)cc1. The van der Waals surface area contributed by atoms with Gasteiger partial charge in [-0.25, -0.2) is 9.97 Å². The van der Waals surface area contributed by atoms with Crippen molar-refractivity contribution in [1.82, 2.24) is 14.4 Å². The Hall–Kier alpha value is -3.80. The van der Waals surface area contributed by atoms with Crippen LogP contribution in [0.15, 0.2) is 72.8 Å². The van der Waals surface area contributed by atoms with Crippen molar-refractivity contribution in [2.24, 2.45) is 0 Å².